The summed E-state index contributed by atoms with van der Waals surface area (Å²) in [5.74, 6) is -10.1. The van der Waals surface area contributed by atoms with E-state index >= 15 is 0 Å². The van der Waals surface area contributed by atoms with Crippen molar-refractivity contribution in [2.45, 2.75) is 25.2 Å². The number of halogens is 4. The normalized spacial score (nSPS) is 13.5. The van der Waals surface area contributed by atoms with Gasteiger partial charge in [0.1, 0.15) is 13.1 Å². The van der Waals surface area contributed by atoms with Gasteiger partial charge in [0.05, 0.1) is 5.92 Å². The fourth-order valence-corrected chi connectivity index (χ4v) is 1.40. The van der Waals surface area contributed by atoms with Crippen molar-refractivity contribution >= 4 is 12.2 Å². The Morgan fingerprint density at radius 3 is 1.59 bits per heavy atom. The predicted octanol–water partition coefficient (Wildman–Crippen LogP) is 1.95. The van der Waals surface area contributed by atoms with Crippen LogP contribution in [0.25, 0.3) is 0 Å². The monoisotopic (exact) mass is 254 g/mol. The number of aliphatic imine (C=N–C) groups is 2. The second kappa shape index (κ2) is 6.27. The molecular weight excluding hydrogens is 244 g/mol. The smallest absolute Gasteiger partial charge is 0.211 e. The Balaban J connectivity index is 5.02. The molecule has 0 unspecified atom stereocenters. The van der Waals surface area contributed by atoms with Crippen LogP contribution in [0.5, 0.6) is 0 Å². The van der Waals surface area contributed by atoms with Gasteiger partial charge in [-0.1, -0.05) is 6.92 Å². The maximum atomic E-state index is 13.3. The summed E-state index contributed by atoms with van der Waals surface area (Å²) < 4.78 is 53.2. The van der Waals surface area contributed by atoms with Gasteiger partial charge in [0.25, 0.3) is 11.8 Å². The third-order valence-electron chi connectivity index (χ3n) is 2.14. The minimum atomic E-state index is -3.87. The zero-order valence-corrected chi connectivity index (χ0v) is 8.92. The maximum absolute atomic E-state index is 13.3. The molecule has 8 heteroatoms. The van der Waals surface area contributed by atoms with Gasteiger partial charge in [-0.25, -0.2) is 27.2 Å². The summed E-state index contributed by atoms with van der Waals surface area (Å²) in [7, 11) is 0. The van der Waals surface area contributed by atoms with Crippen molar-refractivity contribution in [1.29, 1.82) is 0 Å². The van der Waals surface area contributed by atoms with Crippen LogP contribution in [0.1, 0.15) is 13.3 Å². The number of rotatable bonds is 7. The van der Waals surface area contributed by atoms with E-state index in [1.165, 1.54) is 0 Å². The third kappa shape index (κ3) is 4.46. The zero-order valence-electron chi connectivity index (χ0n) is 8.92. The van der Waals surface area contributed by atoms with Gasteiger partial charge in [0.2, 0.25) is 12.2 Å². The fraction of sp³-hybridized carbons (Fsp3) is 0.778. The molecule has 4 nitrogen and oxygen atoms in total. The van der Waals surface area contributed by atoms with E-state index < -0.39 is 37.3 Å². The van der Waals surface area contributed by atoms with E-state index in [1.807, 2.05) is 0 Å². The molecule has 0 fully saturated rings. The molecule has 0 bridgehead atoms. The first-order chi connectivity index (χ1) is 7.81. The van der Waals surface area contributed by atoms with Gasteiger partial charge in [-0.2, -0.15) is 9.98 Å². The van der Waals surface area contributed by atoms with Gasteiger partial charge in [0.15, 0.2) is 0 Å². The molecule has 0 aliphatic carbocycles. The van der Waals surface area contributed by atoms with Crippen LogP contribution in [0.2, 0.25) is 0 Å². The van der Waals surface area contributed by atoms with Crippen LogP contribution in [0.3, 0.4) is 0 Å². The van der Waals surface area contributed by atoms with Crippen molar-refractivity contribution in [3.05, 3.63) is 0 Å². The van der Waals surface area contributed by atoms with Crippen molar-refractivity contribution in [3.63, 3.8) is 0 Å². The number of alkyl halides is 4. The van der Waals surface area contributed by atoms with Gasteiger partial charge in [-0.3, -0.25) is 0 Å². The Hall–Kier alpha value is -1.52. The first-order valence-electron chi connectivity index (χ1n) is 4.64. The van der Waals surface area contributed by atoms with Crippen molar-refractivity contribution < 1.29 is 27.2 Å². The van der Waals surface area contributed by atoms with Gasteiger partial charge in [0, 0.05) is 0 Å². The fourth-order valence-electron chi connectivity index (χ4n) is 1.40. The van der Waals surface area contributed by atoms with E-state index in [1.54, 1.807) is 0 Å². The molecule has 0 atom stereocenters. The summed E-state index contributed by atoms with van der Waals surface area (Å²) in [6.07, 6.45) is 1.17. The largest absolute Gasteiger partial charge is 0.276 e. The van der Waals surface area contributed by atoms with Gasteiger partial charge < -0.3 is 0 Å². The quantitative estimate of drug-likeness (QED) is 0.396. The van der Waals surface area contributed by atoms with E-state index in [0.29, 0.717) is 0 Å². The molecule has 0 aliphatic rings. The lowest BCUT2D eigenvalue weighted by atomic mass is 9.91. The van der Waals surface area contributed by atoms with Crippen LogP contribution < -0.4 is 0 Å². The molecule has 0 aromatic carbocycles. The highest BCUT2D eigenvalue weighted by Gasteiger charge is 2.53. The molecule has 0 spiro atoms. The molecule has 17 heavy (non-hydrogen) atoms. The predicted molar refractivity (Wildman–Crippen MR) is 49.7 cm³/mol. The molecule has 0 rings (SSSR count). The van der Waals surface area contributed by atoms with Gasteiger partial charge >= 0.3 is 0 Å². The summed E-state index contributed by atoms with van der Waals surface area (Å²) in [4.78, 5) is 24.6. The summed E-state index contributed by atoms with van der Waals surface area (Å²) in [6.45, 7) is -1.59. The zero-order chi connectivity index (χ0) is 13.5. The first kappa shape index (κ1) is 15.5. The number of hydrogen-bond donors (Lipinski definition) is 0. The number of hydrogen-bond acceptors (Lipinski definition) is 4. The molecule has 0 radical (unpaired) electrons. The molecule has 0 heterocycles. The molecule has 0 saturated carbocycles. The summed E-state index contributed by atoms with van der Waals surface area (Å²) in [5.41, 5.74) is 0. The number of isocyanates is 2. The van der Waals surface area contributed by atoms with Crippen molar-refractivity contribution in [3.8, 4) is 0 Å². The lowest BCUT2D eigenvalue weighted by Gasteiger charge is -2.30. The maximum Gasteiger partial charge on any atom is 0.276 e. The minimum Gasteiger partial charge on any atom is -0.211 e. The van der Waals surface area contributed by atoms with Crippen LogP contribution in [0.4, 0.5) is 17.6 Å². The molecular formula is C9H10F4N2O2. The van der Waals surface area contributed by atoms with E-state index in [0.717, 1.165) is 19.1 Å². The van der Waals surface area contributed by atoms with Crippen molar-refractivity contribution in [1.82, 2.24) is 0 Å². The summed E-state index contributed by atoms with van der Waals surface area (Å²) in [5, 5.41) is 0. The molecule has 96 valence electrons. The standard InChI is InChI=1S/C9H10F4N2O2/c1-2-7(8(10,11)3-14-5-16)9(12,13)4-15-6-17/h7H,2-4H2,1H3. The van der Waals surface area contributed by atoms with Gasteiger partial charge in [-0.05, 0) is 6.42 Å². The van der Waals surface area contributed by atoms with E-state index in [4.69, 9.17) is 0 Å². The van der Waals surface area contributed by atoms with Crippen LogP contribution in [-0.4, -0.2) is 37.1 Å². The van der Waals surface area contributed by atoms with Crippen LogP contribution in [-0.2, 0) is 9.59 Å². The molecule has 0 aromatic heterocycles. The summed E-state index contributed by atoms with van der Waals surface area (Å²) >= 11 is 0. The number of nitrogens with zero attached hydrogens (tertiary/aromatic N) is 2. The Kier molecular flexibility index (Phi) is 5.71. The molecule has 0 aromatic rings. The highest BCUT2D eigenvalue weighted by atomic mass is 19.3. The average Bonchev–Trinajstić information content (AvgIpc) is 2.24. The Bertz CT molecular complexity index is 315. The molecule has 0 N–H and O–H groups in total. The highest BCUT2D eigenvalue weighted by Crippen LogP contribution is 2.39. The lowest BCUT2D eigenvalue weighted by Crippen LogP contribution is -2.45. The third-order valence-corrected chi connectivity index (χ3v) is 2.14. The molecule has 0 amide bonds. The van der Waals surface area contributed by atoms with Crippen molar-refractivity contribution in [2.75, 3.05) is 13.1 Å². The highest BCUT2D eigenvalue weighted by molar-refractivity contribution is 5.33. The lowest BCUT2D eigenvalue weighted by molar-refractivity contribution is -0.162. The second-order valence-corrected chi connectivity index (χ2v) is 3.30. The Labute approximate surface area is 94.4 Å². The number of carbonyl (C=O) groups excluding carboxylic acids is 2. The Morgan fingerprint density at radius 1 is 1.00 bits per heavy atom. The van der Waals surface area contributed by atoms with E-state index in [9.17, 15) is 27.2 Å². The van der Waals surface area contributed by atoms with Gasteiger partial charge in [-0.15, -0.1) is 0 Å². The van der Waals surface area contributed by atoms with Crippen LogP contribution in [0.15, 0.2) is 9.98 Å². The topological polar surface area (TPSA) is 58.9 Å². The van der Waals surface area contributed by atoms with Crippen molar-refractivity contribution in [2.24, 2.45) is 15.9 Å². The summed E-state index contributed by atoms with van der Waals surface area (Å²) in [6, 6.07) is 0. The molecule has 0 aliphatic heterocycles. The second-order valence-electron chi connectivity index (χ2n) is 3.30. The SMILES string of the molecule is CCC(C(F)(F)CN=C=O)C(F)(F)CN=C=O. The van der Waals surface area contributed by atoms with E-state index in [2.05, 4.69) is 9.98 Å². The average molecular weight is 254 g/mol. The molecule has 0 saturated heterocycles. The minimum absolute atomic E-state index is 0.553. The van der Waals surface area contributed by atoms with Crippen LogP contribution in [0, 0.1) is 5.92 Å². The Morgan fingerprint density at radius 2 is 1.35 bits per heavy atom. The van der Waals surface area contributed by atoms with Crippen LogP contribution >= 0.6 is 0 Å². The van der Waals surface area contributed by atoms with E-state index in [-0.39, 0.29) is 0 Å². The first-order valence-corrected chi connectivity index (χ1v) is 4.64.